The van der Waals surface area contributed by atoms with Crippen LogP contribution in [-0.4, -0.2) is 53.8 Å². The van der Waals surface area contributed by atoms with Crippen molar-refractivity contribution in [2.45, 2.75) is 52.7 Å². The van der Waals surface area contributed by atoms with Crippen molar-refractivity contribution in [1.29, 1.82) is 0 Å². The summed E-state index contributed by atoms with van der Waals surface area (Å²) in [5.74, 6) is 1.03. The Morgan fingerprint density at radius 3 is 2.35 bits per heavy atom. The molecule has 0 spiro atoms. The second-order valence-corrected chi connectivity index (χ2v) is 9.71. The van der Waals surface area contributed by atoms with E-state index in [9.17, 15) is 9.59 Å². The Hall–Kier alpha value is -1.85. The summed E-state index contributed by atoms with van der Waals surface area (Å²) in [4.78, 5) is 31.3. The second kappa shape index (κ2) is 8.95. The molecular weight excluding hydrogens is 412 g/mol. The Morgan fingerprint density at radius 1 is 1.06 bits per heavy atom. The molecule has 31 heavy (non-hydrogen) atoms. The number of carbonyl (C=O) groups is 2. The molecular formula is C25H33ClN2O3. The maximum atomic E-state index is 13.7. The first-order valence-electron chi connectivity index (χ1n) is 11.6. The van der Waals surface area contributed by atoms with E-state index in [0.717, 1.165) is 38.0 Å². The number of ether oxygens (including phenoxy) is 1. The van der Waals surface area contributed by atoms with Gasteiger partial charge in [0.15, 0.2) is 11.5 Å². The lowest BCUT2D eigenvalue weighted by Crippen LogP contribution is -2.43. The van der Waals surface area contributed by atoms with Crippen molar-refractivity contribution in [2.24, 2.45) is 17.8 Å². The molecule has 5 unspecified atom stereocenters. The molecule has 4 rings (SSSR count). The zero-order chi connectivity index (χ0) is 22.3. The van der Waals surface area contributed by atoms with Gasteiger partial charge in [-0.05, 0) is 55.5 Å². The summed E-state index contributed by atoms with van der Waals surface area (Å²) in [6.07, 6.45) is 1.46. The number of fused-ring (bicyclic) bond motifs is 1. The zero-order valence-electron chi connectivity index (χ0n) is 18.9. The van der Waals surface area contributed by atoms with E-state index in [1.807, 2.05) is 29.2 Å². The van der Waals surface area contributed by atoms with Gasteiger partial charge >= 0.3 is 0 Å². The number of hydrogen-bond donors (Lipinski definition) is 0. The van der Waals surface area contributed by atoms with Gasteiger partial charge in [0.25, 0.3) is 5.91 Å². The van der Waals surface area contributed by atoms with E-state index >= 15 is 0 Å². The zero-order valence-corrected chi connectivity index (χ0v) is 19.7. The quantitative estimate of drug-likeness (QED) is 0.649. The molecule has 1 fully saturated rings. The standard InChI is InChI=1S/C25H33ClN2O3/c1-5-27(6-2)11-12-28-22(17-7-9-18(26)10-8-17)21-23(29)19-13-15(3)16(4)14-20(19)31-24(21)25(28)30/h7-10,15-16,19-20,22H,5-6,11-14H2,1-4H3. The Morgan fingerprint density at radius 2 is 1.71 bits per heavy atom. The highest BCUT2D eigenvalue weighted by molar-refractivity contribution is 6.30. The molecule has 2 aliphatic heterocycles. The first-order valence-corrected chi connectivity index (χ1v) is 12.0. The molecule has 1 saturated carbocycles. The van der Waals surface area contributed by atoms with Gasteiger partial charge in [0.2, 0.25) is 0 Å². The third-order valence-electron chi connectivity index (χ3n) is 7.54. The first-order chi connectivity index (χ1) is 14.8. The molecule has 6 heteroatoms. The maximum Gasteiger partial charge on any atom is 0.290 e. The van der Waals surface area contributed by atoms with Gasteiger partial charge in [-0.25, -0.2) is 0 Å². The minimum Gasteiger partial charge on any atom is -0.483 e. The van der Waals surface area contributed by atoms with Gasteiger partial charge in [-0.1, -0.05) is 51.4 Å². The third-order valence-corrected chi connectivity index (χ3v) is 7.80. The number of nitrogens with zero attached hydrogens (tertiary/aromatic N) is 2. The number of benzene rings is 1. The second-order valence-electron chi connectivity index (χ2n) is 9.28. The van der Waals surface area contributed by atoms with Crippen LogP contribution in [0.4, 0.5) is 0 Å². The van der Waals surface area contributed by atoms with Crippen molar-refractivity contribution in [3.05, 3.63) is 46.2 Å². The van der Waals surface area contributed by atoms with Crippen molar-refractivity contribution < 1.29 is 14.3 Å². The molecule has 168 valence electrons. The SMILES string of the molecule is CCN(CC)CCN1C(=O)C2=C(C(=O)C3CC(C)C(C)CC3O2)C1c1ccc(Cl)cc1. The van der Waals surface area contributed by atoms with Gasteiger partial charge in [-0.3, -0.25) is 9.59 Å². The molecule has 0 bridgehead atoms. The summed E-state index contributed by atoms with van der Waals surface area (Å²) < 4.78 is 6.31. The number of rotatable bonds is 6. The lowest BCUT2D eigenvalue weighted by Gasteiger charge is -2.40. The maximum absolute atomic E-state index is 13.7. The van der Waals surface area contributed by atoms with Crippen LogP contribution in [0.5, 0.6) is 0 Å². The van der Waals surface area contributed by atoms with Crippen LogP contribution in [-0.2, 0) is 14.3 Å². The molecule has 2 heterocycles. The van der Waals surface area contributed by atoms with Crippen LogP contribution in [0.1, 0.15) is 52.1 Å². The summed E-state index contributed by atoms with van der Waals surface area (Å²) in [7, 11) is 0. The minimum absolute atomic E-state index is 0.101. The van der Waals surface area contributed by atoms with E-state index in [-0.39, 0.29) is 29.5 Å². The Labute approximate surface area is 190 Å². The van der Waals surface area contributed by atoms with Gasteiger partial charge in [-0.15, -0.1) is 0 Å². The molecule has 0 aromatic heterocycles. The number of likely N-dealkylation sites (N-methyl/N-ethyl adjacent to an activating group) is 1. The molecule has 3 aliphatic rings. The predicted molar refractivity (Wildman–Crippen MR) is 122 cm³/mol. The number of Topliss-reactive ketones (excluding diaryl/α,β-unsaturated/α-hetero) is 1. The van der Waals surface area contributed by atoms with Crippen molar-refractivity contribution in [2.75, 3.05) is 26.2 Å². The fraction of sp³-hybridized carbons (Fsp3) is 0.600. The summed E-state index contributed by atoms with van der Waals surface area (Å²) >= 11 is 6.12. The third kappa shape index (κ3) is 4.03. The van der Waals surface area contributed by atoms with E-state index in [1.165, 1.54) is 0 Å². The topological polar surface area (TPSA) is 49.9 Å². The van der Waals surface area contributed by atoms with Gasteiger partial charge in [0.1, 0.15) is 6.10 Å². The Kier molecular flexibility index (Phi) is 6.45. The van der Waals surface area contributed by atoms with Crippen LogP contribution in [0.25, 0.3) is 0 Å². The lowest BCUT2D eigenvalue weighted by molar-refractivity contribution is -0.137. The Bertz CT molecular complexity index is 877. The molecule has 1 aromatic rings. The summed E-state index contributed by atoms with van der Waals surface area (Å²) in [6.45, 7) is 11.8. The van der Waals surface area contributed by atoms with Crippen molar-refractivity contribution >= 4 is 23.3 Å². The van der Waals surface area contributed by atoms with E-state index in [4.69, 9.17) is 16.3 Å². The van der Waals surface area contributed by atoms with Gasteiger partial charge in [0, 0.05) is 18.1 Å². The lowest BCUT2D eigenvalue weighted by atomic mass is 9.70. The fourth-order valence-corrected chi connectivity index (χ4v) is 5.45. The van der Waals surface area contributed by atoms with Crippen LogP contribution >= 0.6 is 11.6 Å². The van der Waals surface area contributed by atoms with Crippen LogP contribution in [0.15, 0.2) is 35.6 Å². The highest BCUT2D eigenvalue weighted by Crippen LogP contribution is 2.48. The smallest absolute Gasteiger partial charge is 0.290 e. The summed E-state index contributed by atoms with van der Waals surface area (Å²) in [5.41, 5.74) is 1.46. The summed E-state index contributed by atoms with van der Waals surface area (Å²) in [6, 6.07) is 7.09. The number of amides is 1. The number of halogens is 1. The predicted octanol–water partition coefficient (Wildman–Crippen LogP) is 4.47. The number of hydrogen-bond acceptors (Lipinski definition) is 4. The van der Waals surface area contributed by atoms with E-state index < -0.39 is 6.04 Å². The molecule has 5 atom stereocenters. The number of carbonyl (C=O) groups excluding carboxylic acids is 2. The van der Waals surface area contributed by atoms with Crippen LogP contribution in [0.3, 0.4) is 0 Å². The molecule has 1 aliphatic carbocycles. The van der Waals surface area contributed by atoms with E-state index in [2.05, 4.69) is 32.6 Å². The van der Waals surface area contributed by atoms with E-state index in [0.29, 0.717) is 29.0 Å². The molecule has 1 aromatic carbocycles. The highest BCUT2D eigenvalue weighted by atomic mass is 35.5. The summed E-state index contributed by atoms with van der Waals surface area (Å²) in [5, 5.41) is 0.637. The largest absolute Gasteiger partial charge is 0.483 e. The minimum atomic E-state index is -0.404. The number of ketones is 1. The van der Waals surface area contributed by atoms with Crippen molar-refractivity contribution in [3.8, 4) is 0 Å². The molecule has 1 amide bonds. The van der Waals surface area contributed by atoms with Gasteiger partial charge in [0.05, 0.1) is 17.5 Å². The van der Waals surface area contributed by atoms with Crippen LogP contribution in [0, 0.1) is 17.8 Å². The monoisotopic (exact) mass is 444 g/mol. The normalized spacial score (nSPS) is 30.5. The van der Waals surface area contributed by atoms with Gasteiger partial charge < -0.3 is 14.5 Å². The van der Waals surface area contributed by atoms with Crippen molar-refractivity contribution in [3.63, 3.8) is 0 Å². The average Bonchev–Trinajstić information content (AvgIpc) is 3.03. The molecule has 0 saturated heterocycles. The van der Waals surface area contributed by atoms with Crippen molar-refractivity contribution in [1.82, 2.24) is 9.80 Å². The Balaban J connectivity index is 1.70. The first kappa shape index (κ1) is 22.3. The highest BCUT2D eigenvalue weighted by Gasteiger charge is 2.53. The molecule has 0 radical (unpaired) electrons. The molecule has 5 nitrogen and oxygen atoms in total. The van der Waals surface area contributed by atoms with Gasteiger partial charge in [-0.2, -0.15) is 0 Å². The fourth-order valence-electron chi connectivity index (χ4n) is 5.32. The molecule has 0 N–H and O–H groups in total. The average molecular weight is 445 g/mol. The van der Waals surface area contributed by atoms with Crippen LogP contribution < -0.4 is 0 Å². The van der Waals surface area contributed by atoms with E-state index in [1.54, 1.807) is 0 Å². The van der Waals surface area contributed by atoms with Crippen LogP contribution in [0.2, 0.25) is 5.02 Å².